The second-order valence-corrected chi connectivity index (χ2v) is 3.07. The van der Waals surface area contributed by atoms with Gasteiger partial charge in [-0.2, -0.15) is 12.1 Å². The van der Waals surface area contributed by atoms with Crippen molar-refractivity contribution < 1.29 is 26.6 Å². The van der Waals surface area contributed by atoms with Crippen molar-refractivity contribution in [3.63, 3.8) is 0 Å². The zero-order valence-corrected chi connectivity index (χ0v) is 10.5. The van der Waals surface area contributed by atoms with E-state index < -0.39 is 0 Å². The molecule has 2 aromatic carbocycles. The normalized spacial score (nSPS) is 8.24. The fourth-order valence-corrected chi connectivity index (χ4v) is 1.04. The molecule has 0 atom stereocenters. The number of hydrogen-bond acceptors (Lipinski definition) is 2. The molecule has 0 spiro atoms. The van der Waals surface area contributed by atoms with Crippen molar-refractivity contribution in [1.29, 1.82) is 0 Å². The minimum Gasteiger partial charge on any atom is -0.748 e. The Bertz CT molecular complexity index is 371. The Labute approximate surface area is 112 Å². The zero-order chi connectivity index (χ0) is 11.6. The van der Waals surface area contributed by atoms with Gasteiger partial charge in [0.05, 0.1) is 6.61 Å². The fourth-order valence-electron chi connectivity index (χ4n) is 1.04. The molecule has 0 N–H and O–H groups in total. The minimum absolute atomic E-state index is 0. The van der Waals surface area contributed by atoms with Crippen LogP contribution >= 0.6 is 0 Å². The Balaban J connectivity index is 0.000000360. The minimum atomic E-state index is -0.383. The van der Waals surface area contributed by atoms with Gasteiger partial charge in [0.1, 0.15) is 0 Å². The average molecular weight is 270 g/mol. The summed E-state index contributed by atoms with van der Waals surface area (Å²) in [7, 11) is 0. The Kier molecular flexibility index (Phi) is 8.75. The van der Waals surface area contributed by atoms with Gasteiger partial charge in [0, 0.05) is 23.1 Å². The number of carbonyl (C=O) groups is 1. The molecule has 2 rings (SSSR count). The van der Waals surface area contributed by atoms with Gasteiger partial charge in [-0.1, -0.05) is 6.58 Å². The molecule has 0 aliphatic carbocycles. The van der Waals surface area contributed by atoms with E-state index in [2.05, 4.69) is 6.58 Å². The summed E-state index contributed by atoms with van der Waals surface area (Å²) in [6.07, 6.45) is 1.16. The van der Waals surface area contributed by atoms with Crippen molar-refractivity contribution in [2.24, 2.45) is 0 Å². The van der Waals surface area contributed by atoms with Crippen LogP contribution in [0, 0.1) is 0 Å². The van der Waals surface area contributed by atoms with Crippen molar-refractivity contribution in [2.45, 2.75) is 6.61 Å². The molecule has 0 aromatic heterocycles. The monoisotopic (exact) mass is 270 g/mol. The number of carbonyl (C=O) groups excluding carboxylic acids is 1. The van der Waals surface area contributed by atoms with E-state index >= 15 is 0 Å². The van der Waals surface area contributed by atoms with Gasteiger partial charge < -0.3 is 35.1 Å². The predicted molar refractivity (Wildman–Crippen MR) is 64.1 cm³/mol. The summed E-state index contributed by atoms with van der Waals surface area (Å²) in [4.78, 5) is 10.6. The van der Waals surface area contributed by atoms with Gasteiger partial charge in [0.25, 0.3) is 0 Å². The van der Waals surface area contributed by atoms with Crippen LogP contribution in [-0.4, -0.2) is 5.97 Å². The van der Waals surface area contributed by atoms with Gasteiger partial charge in [0.2, 0.25) is 0 Å². The smallest absolute Gasteiger partial charge is 0.329 e. The Hall–Kier alpha value is -1.57. The van der Waals surface area contributed by atoms with Crippen LogP contribution in [0.5, 0.6) is 0 Å². The maximum Gasteiger partial charge on any atom is 0.329 e. The molecule has 0 aliphatic heterocycles. The number of ether oxygens (including phenoxy) is 1. The molecule has 2 nitrogen and oxygen atoms in total. The van der Waals surface area contributed by atoms with Gasteiger partial charge in [-0.3, -0.25) is 0 Å². The molecule has 0 radical (unpaired) electrons. The predicted octanol–water partition coefficient (Wildman–Crippen LogP) is 3.04. The summed E-state index contributed by atoms with van der Waals surface area (Å²) < 4.78 is 4.78. The topological polar surface area (TPSA) is 26.3 Å². The quantitative estimate of drug-likeness (QED) is 0.371. The first-order valence-corrected chi connectivity index (χ1v) is 4.99. The van der Waals surface area contributed by atoms with Gasteiger partial charge >= 0.3 is 5.97 Å². The molecule has 0 saturated carbocycles. The first-order valence-electron chi connectivity index (χ1n) is 4.99. The molecule has 0 fully saturated rings. The molecule has 96 valence electrons. The summed E-state index contributed by atoms with van der Waals surface area (Å²) in [5.41, 5.74) is 1.00. The second-order valence-electron chi connectivity index (χ2n) is 3.07. The van der Waals surface area contributed by atoms with Crippen LogP contribution in [0.1, 0.15) is 5.56 Å². The van der Waals surface area contributed by atoms with E-state index in [9.17, 15) is 4.79 Å². The van der Waals surface area contributed by atoms with Crippen molar-refractivity contribution in [3.8, 4) is 0 Å². The molecular weight excluding hydrogens is 256 g/mol. The van der Waals surface area contributed by atoms with Gasteiger partial charge in [-0.05, 0) is 0 Å². The molecule has 2 aromatic rings. The van der Waals surface area contributed by atoms with Crippen LogP contribution in [0.15, 0.2) is 67.3 Å². The first kappa shape index (κ1) is 15.4. The molecule has 0 bridgehead atoms. The zero-order valence-electron chi connectivity index (χ0n) is 9.36. The standard InChI is InChI=1S/C9H9O2.C5H5.Fe/c1-2-9(10)11-7-8-5-3-4-6-8;1-2-4-5-3-1;/h2-6H,1,7H2;1-5H;/q-1;-5;. The summed E-state index contributed by atoms with van der Waals surface area (Å²) in [5, 5.41) is 0. The maximum absolute atomic E-state index is 10.6. The average Bonchev–Trinajstić information content (AvgIpc) is 3.00. The van der Waals surface area contributed by atoms with Crippen LogP contribution in [0.4, 0.5) is 0 Å². The number of esters is 1. The van der Waals surface area contributed by atoms with Crippen LogP contribution in [-0.2, 0) is 33.2 Å². The van der Waals surface area contributed by atoms with Crippen LogP contribution in [0.3, 0.4) is 0 Å². The van der Waals surface area contributed by atoms with Gasteiger partial charge in [0.15, 0.2) is 0 Å². The molecule has 0 aliphatic rings. The second kappa shape index (κ2) is 9.64. The molecule has 17 heavy (non-hydrogen) atoms. The number of rotatable bonds is 3. The maximum atomic E-state index is 10.6. The number of hydrogen-bond donors (Lipinski definition) is 0. The molecule has 0 amide bonds. The molecule has 3 heteroatoms. The molecular formula is C14H14FeO2-6. The van der Waals surface area contributed by atoms with E-state index in [1.165, 1.54) is 0 Å². The van der Waals surface area contributed by atoms with E-state index in [1.807, 2.05) is 54.6 Å². The summed E-state index contributed by atoms with van der Waals surface area (Å²) in [6, 6.07) is 17.6. The fraction of sp³-hybridized carbons (Fsp3) is 0.0714. The summed E-state index contributed by atoms with van der Waals surface area (Å²) >= 11 is 0. The Morgan fingerprint density at radius 1 is 1.18 bits per heavy atom. The van der Waals surface area contributed by atoms with Crippen LogP contribution in [0.2, 0.25) is 0 Å². The SMILES string of the molecule is C=CC(=O)OC[c-]1cccc1.[Fe].[cH-]1[cH-][cH-][cH-][cH-]1. The van der Waals surface area contributed by atoms with E-state index in [0.717, 1.165) is 11.6 Å². The van der Waals surface area contributed by atoms with Crippen molar-refractivity contribution in [2.75, 3.05) is 0 Å². The third-order valence-electron chi connectivity index (χ3n) is 1.84. The van der Waals surface area contributed by atoms with E-state index in [0.29, 0.717) is 6.61 Å². The van der Waals surface area contributed by atoms with E-state index in [4.69, 9.17) is 4.74 Å². The first-order chi connectivity index (χ1) is 7.83. The van der Waals surface area contributed by atoms with Gasteiger partial charge in [-0.15, -0.1) is 5.56 Å². The Morgan fingerprint density at radius 2 is 1.65 bits per heavy atom. The van der Waals surface area contributed by atoms with Crippen molar-refractivity contribution in [3.05, 3.63) is 72.8 Å². The molecule has 0 heterocycles. The summed E-state index contributed by atoms with van der Waals surface area (Å²) in [6.45, 7) is 3.62. The molecule has 0 saturated heterocycles. The van der Waals surface area contributed by atoms with Gasteiger partial charge in [-0.25, -0.2) is 16.9 Å². The van der Waals surface area contributed by atoms with E-state index in [1.54, 1.807) is 0 Å². The van der Waals surface area contributed by atoms with Crippen molar-refractivity contribution in [1.82, 2.24) is 0 Å². The van der Waals surface area contributed by atoms with Crippen LogP contribution in [0.25, 0.3) is 0 Å². The third kappa shape index (κ3) is 7.34. The summed E-state index contributed by atoms with van der Waals surface area (Å²) in [5.74, 6) is -0.383. The Morgan fingerprint density at radius 3 is 2.06 bits per heavy atom. The molecule has 0 unspecified atom stereocenters. The van der Waals surface area contributed by atoms with E-state index in [-0.39, 0.29) is 23.0 Å². The van der Waals surface area contributed by atoms with Crippen molar-refractivity contribution >= 4 is 5.97 Å². The third-order valence-corrected chi connectivity index (χ3v) is 1.84. The largest absolute Gasteiger partial charge is 0.748 e. The van der Waals surface area contributed by atoms with Crippen LogP contribution < -0.4 is 0 Å².